The first kappa shape index (κ1) is 15.2. The first-order valence-corrected chi connectivity index (χ1v) is 9.00. The van der Waals surface area contributed by atoms with Crippen molar-refractivity contribution in [2.75, 3.05) is 31.6 Å². The van der Waals surface area contributed by atoms with Crippen LogP contribution in [0.4, 0.5) is 5.95 Å². The van der Waals surface area contributed by atoms with E-state index in [1.807, 2.05) is 0 Å². The average molecular weight is 348 g/mol. The van der Waals surface area contributed by atoms with Crippen molar-refractivity contribution < 1.29 is 17.9 Å². The summed E-state index contributed by atoms with van der Waals surface area (Å²) in [5.74, 6) is 1.54. The number of benzene rings is 1. The molecule has 4 rings (SSSR count). The Labute approximate surface area is 139 Å². The van der Waals surface area contributed by atoms with E-state index in [0.717, 1.165) is 0 Å². The van der Waals surface area contributed by atoms with Crippen LogP contribution in [-0.2, 0) is 10.0 Å². The smallest absolute Gasteiger partial charge is 0.243 e. The normalized spacial score (nSPS) is 18.0. The van der Waals surface area contributed by atoms with Crippen molar-refractivity contribution >= 4 is 16.0 Å². The maximum absolute atomic E-state index is 12.7. The molecule has 0 bridgehead atoms. The van der Waals surface area contributed by atoms with Crippen LogP contribution in [0.1, 0.15) is 0 Å². The highest BCUT2D eigenvalue weighted by molar-refractivity contribution is 7.89. The first-order valence-electron chi connectivity index (χ1n) is 7.56. The largest absolute Gasteiger partial charge is 0.486 e. The van der Waals surface area contributed by atoms with E-state index in [1.54, 1.807) is 30.6 Å². The minimum absolute atomic E-state index is 0.000569. The van der Waals surface area contributed by atoms with Gasteiger partial charge in [-0.2, -0.15) is 4.31 Å². The van der Waals surface area contributed by atoms with E-state index < -0.39 is 10.0 Å². The zero-order chi connectivity index (χ0) is 16.6. The second-order valence-corrected chi connectivity index (χ2v) is 7.48. The lowest BCUT2D eigenvalue weighted by atomic mass is 10.2. The number of nitrogens with one attached hydrogen (secondary N) is 1. The standard InChI is InChI=1S/C15H16N4O4S/c20-24(21,12-2-3-13-14(8-12)23-7-6-22-13)19-9-11(10-19)18-15-16-4-1-5-17-15/h1-5,8,11H,6-7,9-10H2,(H,16,17,18). The Morgan fingerprint density at radius 2 is 1.79 bits per heavy atom. The molecule has 1 fully saturated rings. The van der Waals surface area contributed by atoms with Gasteiger partial charge in [0.25, 0.3) is 0 Å². The number of aromatic nitrogens is 2. The van der Waals surface area contributed by atoms with Crippen LogP contribution in [0.15, 0.2) is 41.6 Å². The molecule has 0 saturated carbocycles. The van der Waals surface area contributed by atoms with E-state index in [0.29, 0.717) is 43.8 Å². The highest BCUT2D eigenvalue weighted by Crippen LogP contribution is 2.34. The summed E-state index contributed by atoms with van der Waals surface area (Å²) < 4.78 is 37.6. The Morgan fingerprint density at radius 3 is 2.54 bits per heavy atom. The van der Waals surface area contributed by atoms with E-state index in [1.165, 1.54) is 10.4 Å². The Morgan fingerprint density at radius 1 is 1.08 bits per heavy atom. The number of ether oxygens (including phenoxy) is 2. The third-order valence-electron chi connectivity index (χ3n) is 3.90. The third kappa shape index (κ3) is 2.76. The first-order chi connectivity index (χ1) is 11.6. The van der Waals surface area contributed by atoms with Gasteiger partial charge >= 0.3 is 0 Å². The molecule has 8 nitrogen and oxygen atoms in total. The van der Waals surface area contributed by atoms with E-state index >= 15 is 0 Å². The van der Waals surface area contributed by atoms with E-state index in [4.69, 9.17) is 9.47 Å². The van der Waals surface area contributed by atoms with Gasteiger partial charge in [0.1, 0.15) is 13.2 Å². The highest BCUT2D eigenvalue weighted by Gasteiger charge is 2.37. The van der Waals surface area contributed by atoms with Crippen LogP contribution in [0.5, 0.6) is 11.5 Å². The lowest BCUT2D eigenvalue weighted by Gasteiger charge is -2.38. The molecule has 1 saturated heterocycles. The summed E-state index contributed by atoms with van der Waals surface area (Å²) in [7, 11) is -3.54. The van der Waals surface area contributed by atoms with Crippen molar-refractivity contribution in [1.29, 1.82) is 0 Å². The minimum atomic E-state index is -3.54. The van der Waals surface area contributed by atoms with Crippen molar-refractivity contribution in [3.63, 3.8) is 0 Å². The van der Waals surface area contributed by atoms with Crippen LogP contribution in [0.25, 0.3) is 0 Å². The lowest BCUT2D eigenvalue weighted by Crippen LogP contribution is -2.56. The van der Waals surface area contributed by atoms with Crippen molar-refractivity contribution in [1.82, 2.24) is 14.3 Å². The van der Waals surface area contributed by atoms with Crippen molar-refractivity contribution in [2.45, 2.75) is 10.9 Å². The van der Waals surface area contributed by atoms with Crippen LogP contribution < -0.4 is 14.8 Å². The highest BCUT2D eigenvalue weighted by atomic mass is 32.2. The monoisotopic (exact) mass is 348 g/mol. The SMILES string of the molecule is O=S(=O)(c1ccc2c(c1)OCCO2)N1CC(Nc2ncccn2)C1. The van der Waals surface area contributed by atoms with Crippen LogP contribution in [0, 0.1) is 0 Å². The van der Waals surface area contributed by atoms with Gasteiger partial charge in [-0.05, 0) is 18.2 Å². The predicted molar refractivity (Wildman–Crippen MR) is 85.6 cm³/mol. The Hall–Kier alpha value is -2.39. The van der Waals surface area contributed by atoms with Gasteiger partial charge in [0.2, 0.25) is 16.0 Å². The Kier molecular flexibility index (Phi) is 3.73. The molecule has 0 aliphatic carbocycles. The van der Waals surface area contributed by atoms with Crippen molar-refractivity contribution in [3.05, 3.63) is 36.7 Å². The summed E-state index contributed by atoms with van der Waals surface area (Å²) in [5.41, 5.74) is 0. The van der Waals surface area contributed by atoms with Crippen LogP contribution in [0.3, 0.4) is 0 Å². The average Bonchev–Trinajstić information content (AvgIpc) is 2.58. The third-order valence-corrected chi connectivity index (χ3v) is 5.73. The van der Waals surface area contributed by atoms with Crippen molar-refractivity contribution in [2.24, 2.45) is 0 Å². The topological polar surface area (TPSA) is 93.7 Å². The summed E-state index contributed by atoms with van der Waals surface area (Å²) >= 11 is 0. The summed E-state index contributed by atoms with van der Waals surface area (Å²) in [6, 6.07) is 6.42. The second-order valence-electron chi connectivity index (χ2n) is 5.54. The maximum Gasteiger partial charge on any atom is 0.243 e. The van der Waals surface area contributed by atoms with Gasteiger partial charge in [0.05, 0.1) is 10.9 Å². The molecule has 0 spiro atoms. The van der Waals surface area contributed by atoms with Gasteiger partial charge in [-0.1, -0.05) is 0 Å². The number of nitrogens with zero attached hydrogens (tertiary/aromatic N) is 3. The van der Waals surface area contributed by atoms with Crippen LogP contribution >= 0.6 is 0 Å². The number of hydrogen-bond donors (Lipinski definition) is 1. The molecule has 1 aromatic heterocycles. The Balaban J connectivity index is 1.45. The van der Waals surface area contributed by atoms with Gasteiger partial charge in [0.15, 0.2) is 11.5 Å². The minimum Gasteiger partial charge on any atom is -0.486 e. The molecule has 24 heavy (non-hydrogen) atoms. The fourth-order valence-corrected chi connectivity index (χ4v) is 4.16. The fourth-order valence-electron chi connectivity index (χ4n) is 2.62. The van der Waals surface area contributed by atoms with Crippen LogP contribution in [-0.4, -0.2) is 55.0 Å². The molecule has 0 unspecified atom stereocenters. The summed E-state index contributed by atoms with van der Waals surface area (Å²) in [4.78, 5) is 8.36. The molecule has 1 N–H and O–H groups in total. The zero-order valence-corrected chi connectivity index (χ0v) is 13.6. The molecule has 0 radical (unpaired) electrons. The van der Waals surface area contributed by atoms with Gasteiger partial charge < -0.3 is 14.8 Å². The number of sulfonamides is 1. The number of rotatable bonds is 4. The van der Waals surface area contributed by atoms with Gasteiger partial charge in [-0.25, -0.2) is 18.4 Å². The molecule has 9 heteroatoms. The molecular formula is C15H16N4O4S. The molecule has 126 valence electrons. The molecule has 0 atom stereocenters. The van der Waals surface area contributed by atoms with Crippen LogP contribution in [0.2, 0.25) is 0 Å². The molecular weight excluding hydrogens is 332 g/mol. The van der Waals surface area contributed by atoms with E-state index in [9.17, 15) is 8.42 Å². The van der Waals surface area contributed by atoms with E-state index in [2.05, 4.69) is 15.3 Å². The summed E-state index contributed by atoms with van der Waals surface area (Å²) in [6.07, 6.45) is 3.27. The molecule has 2 aromatic rings. The molecule has 2 aliphatic rings. The lowest BCUT2D eigenvalue weighted by molar-refractivity contribution is 0.171. The molecule has 1 aromatic carbocycles. The number of anilines is 1. The predicted octanol–water partition coefficient (Wildman–Crippen LogP) is 0.733. The van der Waals surface area contributed by atoms with Gasteiger partial charge in [0, 0.05) is 31.5 Å². The maximum atomic E-state index is 12.7. The van der Waals surface area contributed by atoms with Gasteiger partial charge in [-0.3, -0.25) is 0 Å². The molecule has 3 heterocycles. The van der Waals surface area contributed by atoms with Crippen molar-refractivity contribution in [3.8, 4) is 11.5 Å². The number of fused-ring (bicyclic) bond motifs is 1. The molecule has 0 amide bonds. The fraction of sp³-hybridized carbons (Fsp3) is 0.333. The van der Waals surface area contributed by atoms with E-state index in [-0.39, 0.29) is 10.9 Å². The zero-order valence-electron chi connectivity index (χ0n) is 12.8. The number of hydrogen-bond acceptors (Lipinski definition) is 7. The Bertz CT molecular complexity index is 838. The van der Waals surface area contributed by atoms with Gasteiger partial charge in [-0.15, -0.1) is 0 Å². The summed E-state index contributed by atoms with van der Waals surface area (Å²) in [6.45, 7) is 1.63. The quantitative estimate of drug-likeness (QED) is 0.870. The molecule has 2 aliphatic heterocycles. The second kappa shape index (κ2) is 5.91. The summed E-state index contributed by atoms with van der Waals surface area (Å²) in [5, 5.41) is 3.11.